The van der Waals surface area contributed by atoms with Gasteiger partial charge in [-0.15, -0.1) is 0 Å². The summed E-state index contributed by atoms with van der Waals surface area (Å²) in [7, 11) is -3.32. The van der Waals surface area contributed by atoms with E-state index in [0.717, 1.165) is 6.26 Å². The van der Waals surface area contributed by atoms with Crippen LogP contribution < -0.4 is 10.0 Å². The highest BCUT2D eigenvalue weighted by atomic mass is 32.2. The van der Waals surface area contributed by atoms with Crippen molar-refractivity contribution in [3.63, 3.8) is 0 Å². The quantitative estimate of drug-likeness (QED) is 0.714. The molecule has 0 aliphatic heterocycles. The molecular weight excluding hydrogens is 268 g/mol. The average molecular weight is 288 g/mol. The van der Waals surface area contributed by atoms with Crippen LogP contribution in [0.15, 0.2) is 0 Å². The monoisotopic (exact) mass is 288 g/mol. The molecule has 8 heteroatoms. The number of rotatable bonds is 5. The summed E-state index contributed by atoms with van der Waals surface area (Å²) in [5.41, 5.74) is 1.04. The Kier molecular flexibility index (Phi) is 4.36. The second kappa shape index (κ2) is 5.30. The largest absolute Gasteiger partial charge is 0.350 e. The topological polar surface area (TPSA) is 104 Å². The van der Waals surface area contributed by atoms with Crippen LogP contribution in [0.1, 0.15) is 35.6 Å². The first-order valence-electron chi connectivity index (χ1n) is 5.80. The first-order valence-corrected chi connectivity index (χ1v) is 7.70. The molecule has 0 bridgehead atoms. The van der Waals surface area contributed by atoms with E-state index in [2.05, 4.69) is 20.2 Å². The maximum absolute atomic E-state index is 12.0. The van der Waals surface area contributed by atoms with Crippen molar-refractivity contribution in [1.82, 2.24) is 20.2 Å². The van der Waals surface area contributed by atoms with Crippen LogP contribution in [0.25, 0.3) is 0 Å². The molecule has 1 heterocycles. The van der Waals surface area contributed by atoms with E-state index < -0.39 is 15.6 Å². The Labute approximate surface area is 113 Å². The van der Waals surface area contributed by atoms with Gasteiger partial charge in [0.05, 0.1) is 17.5 Å². The molecule has 7 nitrogen and oxygen atoms in total. The highest BCUT2D eigenvalue weighted by Gasteiger charge is 2.24. The van der Waals surface area contributed by atoms with Gasteiger partial charge < -0.3 is 5.32 Å². The molecule has 0 radical (unpaired) electrons. The van der Waals surface area contributed by atoms with E-state index in [1.54, 1.807) is 27.7 Å². The number of amides is 1. The summed E-state index contributed by atoms with van der Waals surface area (Å²) in [5.74, 6) is -0.271. The van der Waals surface area contributed by atoms with Crippen molar-refractivity contribution < 1.29 is 13.2 Å². The maximum atomic E-state index is 12.0. The summed E-state index contributed by atoms with van der Waals surface area (Å²) in [5, 5.41) is 9.38. The molecule has 0 saturated carbocycles. The van der Waals surface area contributed by atoms with Gasteiger partial charge in [-0.25, -0.2) is 13.1 Å². The Balaban J connectivity index is 2.70. The first kappa shape index (κ1) is 15.6. The normalized spacial score (nSPS) is 12.5. The maximum Gasteiger partial charge on any atom is 0.255 e. The third-order valence-electron chi connectivity index (χ3n) is 2.51. The summed E-state index contributed by atoms with van der Waals surface area (Å²) in [6, 6.07) is 0. The van der Waals surface area contributed by atoms with Gasteiger partial charge in [-0.05, 0) is 27.7 Å². The van der Waals surface area contributed by atoms with E-state index in [1.165, 1.54) is 0 Å². The summed E-state index contributed by atoms with van der Waals surface area (Å²) >= 11 is 0. The Hall–Kier alpha value is -1.41. The number of nitrogens with one attached hydrogen (secondary N) is 3. The lowest BCUT2D eigenvalue weighted by Gasteiger charge is -2.25. The van der Waals surface area contributed by atoms with Gasteiger partial charge in [-0.2, -0.15) is 5.10 Å². The molecular formula is C11H20N4O3S. The fourth-order valence-corrected chi connectivity index (χ4v) is 2.89. The van der Waals surface area contributed by atoms with Crippen LogP contribution >= 0.6 is 0 Å². The number of carbonyl (C=O) groups excluding carboxylic acids is 1. The number of aromatic nitrogens is 2. The second-order valence-electron chi connectivity index (χ2n) is 5.25. The molecule has 0 fully saturated rings. The number of sulfonamides is 1. The predicted octanol–water partition coefficient (Wildman–Crippen LogP) is 0.0841. The lowest BCUT2D eigenvalue weighted by Crippen LogP contribution is -2.51. The predicted molar refractivity (Wildman–Crippen MR) is 72.5 cm³/mol. The van der Waals surface area contributed by atoms with E-state index in [1.807, 2.05) is 0 Å². The number of hydrogen-bond donors (Lipinski definition) is 3. The van der Waals surface area contributed by atoms with Crippen molar-refractivity contribution in [1.29, 1.82) is 0 Å². The van der Waals surface area contributed by atoms with Crippen molar-refractivity contribution in [2.45, 2.75) is 33.2 Å². The van der Waals surface area contributed by atoms with E-state index in [4.69, 9.17) is 0 Å². The van der Waals surface area contributed by atoms with E-state index in [9.17, 15) is 13.2 Å². The van der Waals surface area contributed by atoms with Crippen molar-refractivity contribution in [3.8, 4) is 0 Å². The lowest BCUT2D eigenvalue weighted by atomic mass is 10.1. The SMILES string of the molecule is Cc1n[nH]c(C)c1C(=O)NCC(C)(C)NS(C)(=O)=O. The summed E-state index contributed by atoms with van der Waals surface area (Å²) < 4.78 is 24.8. The second-order valence-corrected chi connectivity index (χ2v) is 7.00. The molecule has 1 aromatic rings. The fourth-order valence-electron chi connectivity index (χ4n) is 1.81. The minimum Gasteiger partial charge on any atom is -0.350 e. The van der Waals surface area contributed by atoms with Crippen molar-refractivity contribution in [2.75, 3.05) is 12.8 Å². The minimum atomic E-state index is -3.32. The number of aromatic amines is 1. The highest BCUT2D eigenvalue weighted by molar-refractivity contribution is 7.88. The summed E-state index contributed by atoms with van der Waals surface area (Å²) in [6.07, 6.45) is 1.08. The smallest absolute Gasteiger partial charge is 0.255 e. The van der Waals surface area contributed by atoms with Gasteiger partial charge in [-0.3, -0.25) is 9.89 Å². The Bertz CT molecular complexity index is 555. The van der Waals surface area contributed by atoms with E-state index in [0.29, 0.717) is 17.0 Å². The van der Waals surface area contributed by atoms with Gasteiger partial charge in [0.25, 0.3) is 5.91 Å². The van der Waals surface area contributed by atoms with Gasteiger partial charge in [0.1, 0.15) is 0 Å². The van der Waals surface area contributed by atoms with Crippen LogP contribution in [0.4, 0.5) is 0 Å². The zero-order valence-corrected chi connectivity index (χ0v) is 12.6. The first-order chi connectivity index (χ1) is 8.52. The fraction of sp³-hybridized carbons (Fsp3) is 0.636. The third-order valence-corrected chi connectivity index (χ3v) is 3.43. The van der Waals surface area contributed by atoms with Crippen LogP contribution in [-0.4, -0.2) is 42.9 Å². The molecule has 0 aromatic carbocycles. The summed E-state index contributed by atoms with van der Waals surface area (Å²) in [4.78, 5) is 12.0. The molecule has 0 spiro atoms. The van der Waals surface area contributed by atoms with Gasteiger partial charge in [-0.1, -0.05) is 0 Å². The number of aryl methyl sites for hydroxylation is 2. The average Bonchev–Trinajstić information content (AvgIpc) is 2.52. The molecule has 0 atom stereocenters. The summed E-state index contributed by atoms with van der Waals surface area (Å²) in [6.45, 7) is 7.07. The van der Waals surface area contributed by atoms with Gasteiger partial charge in [0.2, 0.25) is 10.0 Å². The van der Waals surface area contributed by atoms with E-state index in [-0.39, 0.29) is 12.5 Å². The molecule has 108 valence electrons. The molecule has 0 unspecified atom stereocenters. The zero-order chi connectivity index (χ0) is 14.8. The number of hydrogen-bond acceptors (Lipinski definition) is 4. The van der Waals surface area contributed by atoms with Crippen molar-refractivity contribution >= 4 is 15.9 Å². The zero-order valence-electron chi connectivity index (χ0n) is 11.8. The van der Waals surface area contributed by atoms with Crippen LogP contribution in [0.2, 0.25) is 0 Å². The van der Waals surface area contributed by atoms with Crippen molar-refractivity contribution in [3.05, 3.63) is 17.0 Å². The van der Waals surface area contributed by atoms with Crippen LogP contribution in [0, 0.1) is 13.8 Å². The van der Waals surface area contributed by atoms with Gasteiger partial charge >= 0.3 is 0 Å². The third kappa shape index (κ3) is 4.64. The van der Waals surface area contributed by atoms with Crippen LogP contribution in [0.5, 0.6) is 0 Å². The van der Waals surface area contributed by atoms with E-state index >= 15 is 0 Å². The van der Waals surface area contributed by atoms with Crippen LogP contribution in [0.3, 0.4) is 0 Å². The lowest BCUT2D eigenvalue weighted by molar-refractivity contribution is 0.0943. The standard InChI is InChI=1S/C11H20N4O3S/c1-7-9(8(2)14-13-7)10(16)12-6-11(3,4)15-19(5,17)18/h15H,6H2,1-5H3,(H,12,16)(H,13,14). The van der Waals surface area contributed by atoms with Gasteiger partial charge in [0.15, 0.2) is 0 Å². The number of H-pyrrole nitrogens is 1. The highest BCUT2D eigenvalue weighted by Crippen LogP contribution is 2.09. The number of carbonyl (C=O) groups is 1. The Morgan fingerprint density at radius 2 is 1.95 bits per heavy atom. The molecule has 1 aromatic heterocycles. The molecule has 1 rings (SSSR count). The van der Waals surface area contributed by atoms with Crippen molar-refractivity contribution in [2.24, 2.45) is 0 Å². The molecule has 0 aliphatic carbocycles. The Morgan fingerprint density at radius 1 is 1.37 bits per heavy atom. The molecule has 0 aliphatic rings. The molecule has 1 amide bonds. The van der Waals surface area contributed by atoms with Crippen LogP contribution in [-0.2, 0) is 10.0 Å². The Morgan fingerprint density at radius 3 is 2.37 bits per heavy atom. The molecule has 19 heavy (non-hydrogen) atoms. The molecule has 0 saturated heterocycles. The molecule has 3 N–H and O–H groups in total. The van der Waals surface area contributed by atoms with Gasteiger partial charge in [0, 0.05) is 17.8 Å². The minimum absolute atomic E-state index is 0.183. The number of nitrogens with zero attached hydrogens (tertiary/aromatic N) is 1.